The lowest BCUT2D eigenvalue weighted by atomic mass is 10.2. The molecule has 1 aliphatic heterocycles. The van der Waals surface area contributed by atoms with Gasteiger partial charge in [-0.1, -0.05) is 23.9 Å². The number of esters is 1. The first-order valence-electron chi connectivity index (χ1n) is 4.58. The summed E-state index contributed by atoms with van der Waals surface area (Å²) in [5, 5.41) is 4.09. The minimum Gasteiger partial charge on any atom is -0.464 e. The molecule has 0 atom stereocenters. The van der Waals surface area contributed by atoms with Crippen LogP contribution in [0.25, 0.3) is 0 Å². The van der Waals surface area contributed by atoms with Gasteiger partial charge in [0.2, 0.25) is 0 Å². The van der Waals surface area contributed by atoms with Crippen molar-refractivity contribution in [2.75, 3.05) is 7.11 Å². The number of carbonyl (C=O) groups excluding carboxylic acids is 2. The van der Waals surface area contributed by atoms with Crippen LogP contribution in [0.2, 0.25) is 0 Å². The summed E-state index contributed by atoms with van der Waals surface area (Å²) < 4.78 is 4.56. The quantitative estimate of drug-likeness (QED) is 0.750. The molecule has 0 aromatic heterocycles. The second kappa shape index (κ2) is 4.40. The fourth-order valence-electron chi connectivity index (χ4n) is 1.31. The van der Waals surface area contributed by atoms with Crippen LogP contribution >= 0.6 is 11.8 Å². The molecule has 16 heavy (non-hydrogen) atoms. The van der Waals surface area contributed by atoms with Gasteiger partial charge < -0.3 is 10.1 Å². The maximum atomic E-state index is 11.8. The van der Waals surface area contributed by atoms with Crippen LogP contribution in [-0.2, 0) is 9.53 Å². The molecule has 2 rings (SSSR count). The average molecular weight is 235 g/mol. The minimum absolute atomic E-state index is 0.161. The molecule has 4 nitrogen and oxygen atoms in total. The first-order chi connectivity index (χ1) is 7.72. The number of rotatable bonds is 1. The van der Waals surface area contributed by atoms with Gasteiger partial charge in [-0.05, 0) is 12.1 Å². The Morgan fingerprint density at radius 3 is 2.88 bits per heavy atom. The first-order valence-corrected chi connectivity index (χ1v) is 5.46. The van der Waals surface area contributed by atoms with Crippen molar-refractivity contribution in [1.82, 2.24) is 5.32 Å². The Morgan fingerprint density at radius 2 is 2.12 bits per heavy atom. The zero-order valence-corrected chi connectivity index (χ0v) is 9.34. The Morgan fingerprint density at radius 1 is 1.38 bits per heavy atom. The maximum absolute atomic E-state index is 11.8. The van der Waals surface area contributed by atoms with E-state index < -0.39 is 5.97 Å². The molecule has 5 heteroatoms. The van der Waals surface area contributed by atoms with Gasteiger partial charge >= 0.3 is 5.97 Å². The monoisotopic (exact) mass is 235 g/mol. The van der Waals surface area contributed by atoms with E-state index in [-0.39, 0.29) is 11.6 Å². The van der Waals surface area contributed by atoms with Gasteiger partial charge in [-0.25, -0.2) is 4.79 Å². The Bertz CT molecular complexity index is 482. The third-order valence-corrected chi connectivity index (χ3v) is 3.05. The Hall–Kier alpha value is -1.75. The molecule has 1 N–H and O–H groups in total. The summed E-state index contributed by atoms with van der Waals surface area (Å²) >= 11 is 1.32. The molecule has 1 aliphatic rings. The summed E-state index contributed by atoms with van der Waals surface area (Å²) in [5.41, 5.74) is 0.719. The lowest BCUT2D eigenvalue weighted by Gasteiger charge is -2.04. The summed E-state index contributed by atoms with van der Waals surface area (Å²) in [6.07, 6.45) is 0. The van der Waals surface area contributed by atoms with Crippen molar-refractivity contribution in [3.63, 3.8) is 0 Å². The number of fused-ring (bicyclic) bond motifs is 1. The van der Waals surface area contributed by atoms with E-state index in [1.54, 1.807) is 17.5 Å². The van der Waals surface area contributed by atoms with Crippen LogP contribution in [0.3, 0.4) is 0 Å². The van der Waals surface area contributed by atoms with Gasteiger partial charge in [0.1, 0.15) is 5.70 Å². The molecular weight excluding hydrogens is 226 g/mol. The molecule has 0 unspecified atom stereocenters. The standard InChI is InChI=1S/C11H9NO3S/c1-15-11(14)8-6-16-9-5-3-2-4-7(9)10(13)12-8/h2-6H,1H3,(H,12,13). The molecular formula is C11H9NO3S. The van der Waals surface area contributed by atoms with E-state index in [9.17, 15) is 9.59 Å². The summed E-state index contributed by atoms with van der Waals surface area (Å²) in [7, 11) is 1.28. The van der Waals surface area contributed by atoms with E-state index in [4.69, 9.17) is 0 Å². The Labute approximate surface area is 96.7 Å². The van der Waals surface area contributed by atoms with Gasteiger partial charge in [-0.2, -0.15) is 0 Å². The van der Waals surface area contributed by atoms with E-state index >= 15 is 0 Å². The zero-order chi connectivity index (χ0) is 11.5. The Kier molecular flexibility index (Phi) is 2.96. The second-order valence-electron chi connectivity index (χ2n) is 3.09. The molecule has 0 radical (unpaired) electrons. The fourth-order valence-corrected chi connectivity index (χ4v) is 2.15. The molecule has 0 fully saturated rings. The third-order valence-electron chi connectivity index (χ3n) is 2.09. The molecule has 0 bridgehead atoms. The minimum atomic E-state index is -0.548. The van der Waals surface area contributed by atoms with Crippen molar-refractivity contribution in [2.45, 2.75) is 4.90 Å². The number of thioether (sulfide) groups is 1. The molecule has 1 amide bonds. The highest BCUT2D eigenvalue weighted by atomic mass is 32.2. The highest BCUT2D eigenvalue weighted by Gasteiger charge is 2.20. The van der Waals surface area contributed by atoms with Crippen LogP contribution in [0.5, 0.6) is 0 Å². The van der Waals surface area contributed by atoms with E-state index in [2.05, 4.69) is 10.1 Å². The lowest BCUT2D eigenvalue weighted by molar-refractivity contribution is -0.136. The SMILES string of the molecule is COC(=O)C1=CSc2ccccc2C(=O)N1. The average Bonchev–Trinajstić information content (AvgIpc) is 2.49. The van der Waals surface area contributed by atoms with Crippen molar-refractivity contribution in [3.05, 3.63) is 40.9 Å². The van der Waals surface area contributed by atoms with Crippen molar-refractivity contribution in [1.29, 1.82) is 0 Å². The normalized spacial score (nSPS) is 14.3. The van der Waals surface area contributed by atoms with Crippen LogP contribution < -0.4 is 5.32 Å². The van der Waals surface area contributed by atoms with Gasteiger partial charge in [-0.3, -0.25) is 4.79 Å². The van der Waals surface area contributed by atoms with Crippen molar-refractivity contribution in [2.24, 2.45) is 0 Å². The summed E-state index contributed by atoms with van der Waals surface area (Å²) in [4.78, 5) is 23.9. The number of methoxy groups -OCH3 is 1. The van der Waals surface area contributed by atoms with Gasteiger partial charge in [-0.15, -0.1) is 0 Å². The largest absolute Gasteiger partial charge is 0.464 e. The van der Waals surface area contributed by atoms with E-state index in [0.29, 0.717) is 5.56 Å². The number of benzene rings is 1. The molecule has 0 saturated heterocycles. The van der Waals surface area contributed by atoms with Gasteiger partial charge in [0.15, 0.2) is 0 Å². The molecule has 0 aliphatic carbocycles. The molecule has 1 aromatic rings. The summed E-state index contributed by atoms with van der Waals surface area (Å²) in [6, 6.07) is 7.17. The first kappa shape index (κ1) is 10.8. The molecule has 0 saturated carbocycles. The van der Waals surface area contributed by atoms with E-state index in [0.717, 1.165) is 4.90 Å². The zero-order valence-electron chi connectivity index (χ0n) is 8.52. The highest BCUT2D eigenvalue weighted by Crippen LogP contribution is 2.27. The maximum Gasteiger partial charge on any atom is 0.355 e. The van der Waals surface area contributed by atoms with Crippen LogP contribution in [0.15, 0.2) is 40.3 Å². The van der Waals surface area contributed by atoms with Gasteiger partial charge in [0.05, 0.1) is 12.7 Å². The molecule has 1 aromatic carbocycles. The Balaban J connectivity index is 2.35. The third kappa shape index (κ3) is 1.94. The number of amides is 1. The fraction of sp³-hybridized carbons (Fsp3) is 0.0909. The molecule has 82 valence electrons. The molecule has 0 spiro atoms. The second-order valence-corrected chi connectivity index (χ2v) is 4.00. The lowest BCUT2D eigenvalue weighted by Crippen LogP contribution is -2.27. The van der Waals surface area contributed by atoms with Crippen molar-refractivity contribution in [3.8, 4) is 0 Å². The predicted molar refractivity (Wildman–Crippen MR) is 59.9 cm³/mol. The number of ether oxygens (including phenoxy) is 1. The van der Waals surface area contributed by atoms with Crippen LogP contribution in [0, 0.1) is 0 Å². The number of nitrogens with one attached hydrogen (secondary N) is 1. The number of carbonyl (C=O) groups is 2. The van der Waals surface area contributed by atoms with Gasteiger partial charge in [0, 0.05) is 10.3 Å². The highest BCUT2D eigenvalue weighted by molar-refractivity contribution is 8.02. The van der Waals surface area contributed by atoms with Crippen LogP contribution in [0.4, 0.5) is 0 Å². The van der Waals surface area contributed by atoms with Crippen LogP contribution in [0.1, 0.15) is 10.4 Å². The number of hydrogen-bond acceptors (Lipinski definition) is 4. The smallest absolute Gasteiger partial charge is 0.355 e. The number of hydrogen-bond donors (Lipinski definition) is 1. The van der Waals surface area contributed by atoms with E-state index in [1.165, 1.54) is 18.9 Å². The van der Waals surface area contributed by atoms with Crippen molar-refractivity contribution >= 4 is 23.6 Å². The topological polar surface area (TPSA) is 55.4 Å². The summed E-state index contributed by atoms with van der Waals surface area (Å²) in [6.45, 7) is 0. The molecule has 1 heterocycles. The predicted octanol–water partition coefficient (Wildman–Crippen LogP) is 1.54. The van der Waals surface area contributed by atoms with Crippen molar-refractivity contribution < 1.29 is 14.3 Å². The van der Waals surface area contributed by atoms with Crippen LogP contribution in [-0.4, -0.2) is 19.0 Å². The van der Waals surface area contributed by atoms with E-state index in [1.807, 2.05) is 12.1 Å². The van der Waals surface area contributed by atoms with Gasteiger partial charge in [0.25, 0.3) is 5.91 Å². The summed E-state index contributed by atoms with van der Waals surface area (Å²) in [5.74, 6) is -0.842.